The molecule has 1 aliphatic rings. The highest BCUT2D eigenvalue weighted by atomic mass is 127. The Hall–Kier alpha value is -0.790. The van der Waals surface area contributed by atoms with Crippen LogP contribution in [0.2, 0.25) is 0 Å². The minimum atomic E-state index is -1.11. The van der Waals surface area contributed by atoms with Gasteiger partial charge in [-0.15, -0.1) is 0 Å². The number of nitrogens with one attached hydrogen (secondary N) is 1. The second kappa shape index (κ2) is 7.62. The second-order valence-corrected chi connectivity index (χ2v) is 7.02. The van der Waals surface area contributed by atoms with Gasteiger partial charge < -0.3 is 24.1 Å². The van der Waals surface area contributed by atoms with Crippen LogP contribution in [-0.2, 0) is 18.9 Å². The highest BCUT2D eigenvalue weighted by Gasteiger charge is 2.48. The van der Waals surface area contributed by atoms with Gasteiger partial charge in [-0.05, 0) is 36.4 Å². The minimum Gasteiger partial charge on any atom is -0.387 e. The third-order valence-electron chi connectivity index (χ3n) is 3.66. The minimum absolute atomic E-state index is 0.142. The number of rotatable bonds is 6. The van der Waals surface area contributed by atoms with E-state index in [1.54, 1.807) is 13.8 Å². The van der Waals surface area contributed by atoms with Gasteiger partial charge in [0.1, 0.15) is 18.3 Å². The van der Waals surface area contributed by atoms with Gasteiger partial charge in [0.15, 0.2) is 12.0 Å². The average molecular weight is 456 g/mol. The zero-order chi connectivity index (χ0) is 18.1. The summed E-state index contributed by atoms with van der Waals surface area (Å²) in [4.78, 5) is 25.9. The maximum absolute atomic E-state index is 12.2. The molecular weight excluding hydrogens is 435 g/mol. The van der Waals surface area contributed by atoms with Crippen molar-refractivity contribution in [2.24, 2.45) is 0 Å². The van der Waals surface area contributed by atoms with Crippen LogP contribution in [0.25, 0.3) is 0 Å². The molecule has 0 unspecified atom stereocenters. The van der Waals surface area contributed by atoms with E-state index in [0.29, 0.717) is 3.57 Å². The maximum atomic E-state index is 12.2. The predicted octanol–water partition coefficient (Wildman–Crippen LogP) is -0.186. The first kappa shape index (κ1) is 19.5. The van der Waals surface area contributed by atoms with E-state index in [-0.39, 0.29) is 6.61 Å². The third kappa shape index (κ3) is 4.06. The molecule has 0 amide bonds. The molecule has 24 heavy (non-hydrogen) atoms. The highest BCUT2D eigenvalue weighted by molar-refractivity contribution is 14.1. The summed E-state index contributed by atoms with van der Waals surface area (Å²) < 4.78 is 23.3. The summed E-state index contributed by atoms with van der Waals surface area (Å²) in [6.45, 7) is 3.49. The van der Waals surface area contributed by atoms with Crippen LogP contribution in [0.4, 0.5) is 0 Å². The third-order valence-corrected chi connectivity index (χ3v) is 4.42. The monoisotopic (exact) mass is 456 g/mol. The normalized spacial score (nSPS) is 25.6. The summed E-state index contributed by atoms with van der Waals surface area (Å²) in [5.74, 6) is -1.03. The van der Waals surface area contributed by atoms with E-state index in [1.807, 2.05) is 22.6 Å². The first-order chi connectivity index (χ1) is 11.2. The zero-order valence-corrected chi connectivity index (χ0v) is 16.0. The van der Waals surface area contributed by atoms with E-state index in [1.165, 1.54) is 25.0 Å². The zero-order valence-electron chi connectivity index (χ0n) is 13.8. The summed E-state index contributed by atoms with van der Waals surface area (Å²) in [6.07, 6.45) is -2.23. The quantitative estimate of drug-likeness (QED) is 0.571. The number of ether oxygens (including phenoxy) is 4. The van der Waals surface area contributed by atoms with E-state index in [2.05, 4.69) is 4.98 Å². The number of aliphatic hydroxyl groups is 1. The number of H-pyrrole nitrogens is 1. The van der Waals surface area contributed by atoms with Crippen LogP contribution in [0.1, 0.15) is 20.1 Å². The molecule has 136 valence electrons. The molecule has 10 heteroatoms. The molecule has 0 aromatic carbocycles. The van der Waals surface area contributed by atoms with Crippen molar-refractivity contribution in [3.63, 3.8) is 0 Å². The van der Waals surface area contributed by atoms with Gasteiger partial charge in [0.25, 0.3) is 5.56 Å². The SMILES string of the molecule is COC[C@@H](OC)[C@@H](O)[C@@H]1OC(C)(C)O[C@H]1n1cc(I)c(=O)[nH]c1=O. The van der Waals surface area contributed by atoms with Crippen LogP contribution in [0.15, 0.2) is 15.8 Å². The Balaban J connectivity index is 2.41. The fraction of sp³-hybridized carbons (Fsp3) is 0.714. The topological polar surface area (TPSA) is 112 Å². The van der Waals surface area contributed by atoms with Crippen molar-refractivity contribution in [1.29, 1.82) is 0 Å². The number of aromatic amines is 1. The molecular formula is C14H21IN2O7. The van der Waals surface area contributed by atoms with Gasteiger partial charge in [0, 0.05) is 20.4 Å². The standard InChI is InChI=1S/C14H21IN2O7/c1-14(2)23-10(9(18)8(22-4)6-21-3)12(24-14)17-5-7(15)11(19)16-13(17)20/h5,8-10,12,18H,6H2,1-4H3,(H,16,19,20)/t8-,9-,10+,12-/m1/s1. The van der Waals surface area contributed by atoms with Crippen LogP contribution in [0, 0.1) is 3.57 Å². The summed E-state index contributed by atoms with van der Waals surface area (Å²) in [7, 11) is 2.93. The summed E-state index contributed by atoms with van der Waals surface area (Å²) in [5.41, 5.74) is -1.13. The van der Waals surface area contributed by atoms with E-state index in [4.69, 9.17) is 18.9 Å². The molecule has 2 rings (SSSR count). The van der Waals surface area contributed by atoms with E-state index < -0.39 is 41.6 Å². The lowest BCUT2D eigenvalue weighted by atomic mass is 10.1. The molecule has 1 saturated heterocycles. The Kier molecular flexibility index (Phi) is 6.20. The number of nitrogens with zero attached hydrogens (tertiary/aromatic N) is 1. The van der Waals surface area contributed by atoms with Crippen molar-refractivity contribution in [1.82, 2.24) is 9.55 Å². The van der Waals surface area contributed by atoms with Crippen LogP contribution < -0.4 is 11.2 Å². The van der Waals surface area contributed by atoms with Crippen molar-refractivity contribution in [3.05, 3.63) is 30.6 Å². The van der Waals surface area contributed by atoms with Crippen molar-refractivity contribution in [2.45, 2.75) is 44.2 Å². The molecule has 1 aromatic rings. The molecule has 2 N–H and O–H groups in total. The molecule has 9 nitrogen and oxygen atoms in total. The number of methoxy groups -OCH3 is 2. The van der Waals surface area contributed by atoms with E-state index in [0.717, 1.165) is 0 Å². The van der Waals surface area contributed by atoms with Crippen molar-refractivity contribution >= 4 is 22.6 Å². The van der Waals surface area contributed by atoms with Gasteiger partial charge in [-0.3, -0.25) is 14.3 Å². The summed E-state index contributed by atoms with van der Waals surface area (Å²) in [6, 6.07) is 0. The fourth-order valence-electron chi connectivity index (χ4n) is 2.56. The number of hydrogen-bond donors (Lipinski definition) is 2. The Labute approximate surface area is 152 Å². The van der Waals surface area contributed by atoms with Gasteiger partial charge in [0.2, 0.25) is 0 Å². The molecule has 0 spiro atoms. The van der Waals surface area contributed by atoms with Gasteiger partial charge in [0.05, 0.1) is 10.2 Å². The molecule has 0 aliphatic carbocycles. The van der Waals surface area contributed by atoms with Crippen molar-refractivity contribution in [3.8, 4) is 0 Å². The van der Waals surface area contributed by atoms with Crippen molar-refractivity contribution in [2.75, 3.05) is 20.8 Å². The van der Waals surface area contributed by atoms with Gasteiger partial charge >= 0.3 is 5.69 Å². The molecule has 4 atom stereocenters. The van der Waals surface area contributed by atoms with Crippen molar-refractivity contribution < 1.29 is 24.1 Å². The fourth-order valence-corrected chi connectivity index (χ4v) is 2.99. The lowest BCUT2D eigenvalue weighted by Gasteiger charge is -2.28. The lowest BCUT2D eigenvalue weighted by molar-refractivity contribution is -0.169. The number of hydrogen-bond acceptors (Lipinski definition) is 7. The maximum Gasteiger partial charge on any atom is 0.330 e. The molecule has 1 fully saturated rings. The van der Waals surface area contributed by atoms with Gasteiger partial charge in [-0.25, -0.2) is 4.79 Å². The average Bonchev–Trinajstić information content (AvgIpc) is 2.83. The molecule has 2 heterocycles. The molecule has 1 aliphatic heterocycles. The number of halogens is 1. The first-order valence-corrected chi connectivity index (χ1v) is 8.34. The smallest absolute Gasteiger partial charge is 0.330 e. The summed E-state index contributed by atoms with van der Waals surface area (Å²) >= 11 is 1.81. The van der Waals surface area contributed by atoms with E-state index >= 15 is 0 Å². The van der Waals surface area contributed by atoms with Crippen LogP contribution in [0.3, 0.4) is 0 Å². The Bertz CT molecular complexity index is 686. The Morgan fingerprint density at radius 1 is 1.42 bits per heavy atom. The molecule has 0 radical (unpaired) electrons. The predicted molar refractivity (Wildman–Crippen MR) is 91.8 cm³/mol. The number of aliphatic hydroxyl groups excluding tert-OH is 1. The second-order valence-electron chi connectivity index (χ2n) is 5.85. The first-order valence-electron chi connectivity index (χ1n) is 7.26. The van der Waals surface area contributed by atoms with Gasteiger partial charge in [-0.1, -0.05) is 0 Å². The lowest BCUT2D eigenvalue weighted by Crippen LogP contribution is -2.47. The number of aromatic nitrogens is 2. The largest absolute Gasteiger partial charge is 0.387 e. The van der Waals surface area contributed by atoms with Gasteiger partial charge in [-0.2, -0.15) is 0 Å². The molecule has 0 bridgehead atoms. The Morgan fingerprint density at radius 2 is 2.08 bits per heavy atom. The highest BCUT2D eigenvalue weighted by Crippen LogP contribution is 2.36. The summed E-state index contributed by atoms with van der Waals surface area (Å²) in [5, 5.41) is 10.6. The molecule has 0 saturated carbocycles. The molecule has 1 aromatic heterocycles. The van der Waals surface area contributed by atoms with Crippen LogP contribution >= 0.6 is 22.6 Å². The van der Waals surface area contributed by atoms with Crippen LogP contribution in [-0.4, -0.2) is 59.6 Å². The Morgan fingerprint density at radius 3 is 2.67 bits per heavy atom. The van der Waals surface area contributed by atoms with E-state index in [9.17, 15) is 14.7 Å². The van der Waals surface area contributed by atoms with Crippen LogP contribution in [0.5, 0.6) is 0 Å².